The molecule has 27 heavy (non-hydrogen) atoms. The lowest BCUT2D eigenvalue weighted by atomic mass is 10.2. The second kappa shape index (κ2) is 7.43. The summed E-state index contributed by atoms with van der Waals surface area (Å²) in [4.78, 5) is 24.8. The second-order valence-electron chi connectivity index (χ2n) is 7.25. The number of nitrogens with two attached hydrogens (primary N) is 1. The largest absolute Gasteiger partial charge is 0.444 e. The molecule has 0 radical (unpaired) electrons. The van der Waals surface area contributed by atoms with Gasteiger partial charge in [-0.15, -0.1) is 0 Å². The minimum Gasteiger partial charge on any atom is -0.444 e. The third-order valence-electron chi connectivity index (χ3n) is 4.06. The monoisotopic (exact) mass is 440 g/mol. The molecule has 8 nitrogen and oxygen atoms in total. The van der Waals surface area contributed by atoms with E-state index in [0.717, 1.165) is 0 Å². The second-order valence-corrected chi connectivity index (χ2v) is 8.10. The van der Waals surface area contributed by atoms with Crippen molar-refractivity contribution in [3.8, 4) is 0 Å². The number of nitrogens with zero attached hydrogens (tertiary/aromatic N) is 4. The topological polar surface area (TPSA) is 96.6 Å². The van der Waals surface area contributed by atoms with E-state index in [4.69, 9.17) is 10.6 Å². The summed E-state index contributed by atoms with van der Waals surface area (Å²) in [7, 11) is 0. The first-order valence-electron chi connectivity index (χ1n) is 8.54. The molecule has 3 rings (SSSR count). The van der Waals surface area contributed by atoms with E-state index in [1.54, 1.807) is 11.0 Å². The number of ether oxygens (including phenoxy) is 1. The number of halogens is 2. The molecule has 2 aromatic rings. The number of rotatable bonds is 2. The van der Waals surface area contributed by atoms with Crippen LogP contribution in [0.3, 0.4) is 0 Å². The fourth-order valence-corrected chi connectivity index (χ4v) is 3.12. The van der Waals surface area contributed by atoms with Crippen molar-refractivity contribution in [2.75, 3.05) is 36.5 Å². The van der Waals surface area contributed by atoms with Gasteiger partial charge in [0.15, 0.2) is 11.6 Å². The number of nitrogens with one attached hydrogen (secondary N) is 1. The Balaban J connectivity index is 1.80. The van der Waals surface area contributed by atoms with Crippen LogP contribution in [-0.2, 0) is 4.74 Å². The van der Waals surface area contributed by atoms with Gasteiger partial charge in [-0.25, -0.2) is 25.0 Å². The van der Waals surface area contributed by atoms with Crippen molar-refractivity contribution in [3.05, 3.63) is 22.4 Å². The zero-order chi connectivity index (χ0) is 19.8. The van der Waals surface area contributed by atoms with E-state index in [1.807, 2.05) is 25.7 Å². The summed E-state index contributed by atoms with van der Waals surface area (Å²) in [5.41, 5.74) is 2.97. The number of hydrazine groups is 1. The van der Waals surface area contributed by atoms with Gasteiger partial charge in [0.05, 0.1) is 15.5 Å². The Hall–Kier alpha value is -2.20. The van der Waals surface area contributed by atoms with Crippen LogP contribution in [0.5, 0.6) is 0 Å². The average Bonchev–Trinajstić information content (AvgIpc) is 2.60. The number of fused-ring (bicyclic) bond motifs is 1. The number of carbonyl (C=O) groups excluding carboxylic acids is 1. The van der Waals surface area contributed by atoms with Gasteiger partial charge in [-0.05, 0) is 42.8 Å². The van der Waals surface area contributed by atoms with Crippen LogP contribution in [0.2, 0.25) is 0 Å². The van der Waals surface area contributed by atoms with E-state index >= 15 is 0 Å². The summed E-state index contributed by atoms with van der Waals surface area (Å²) >= 11 is 3.14. The van der Waals surface area contributed by atoms with E-state index in [9.17, 15) is 9.18 Å². The molecule has 1 fully saturated rings. The predicted octanol–water partition coefficient (Wildman–Crippen LogP) is 2.87. The van der Waals surface area contributed by atoms with Gasteiger partial charge < -0.3 is 20.0 Å². The number of benzene rings is 1. The van der Waals surface area contributed by atoms with Gasteiger partial charge in [0.1, 0.15) is 11.4 Å². The summed E-state index contributed by atoms with van der Waals surface area (Å²) in [6, 6.07) is 2.88. The number of aromatic nitrogens is 2. The van der Waals surface area contributed by atoms with Crippen LogP contribution in [0, 0.1) is 5.82 Å². The third-order valence-corrected chi connectivity index (χ3v) is 4.66. The van der Waals surface area contributed by atoms with E-state index < -0.39 is 11.4 Å². The van der Waals surface area contributed by atoms with Crippen LogP contribution in [0.25, 0.3) is 11.0 Å². The van der Waals surface area contributed by atoms with Crippen molar-refractivity contribution in [1.29, 1.82) is 0 Å². The lowest BCUT2D eigenvalue weighted by Crippen LogP contribution is -2.50. The van der Waals surface area contributed by atoms with E-state index in [2.05, 4.69) is 31.3 Å². The Kier molecular flexibility index (Phi) is 5.38. The van der Waals surface area contributed by atoms with Crippen LogP contribution in [0.15, 0.2) is 16.6 Å². The fraction of sp³-hybridized carbons (Fsp3) is 0.471. The van der Waals surface area contributed by atoms with Crippen molar-refractivity contribution >= 4 is 44.7 Å². The van der Waals surface area contributed by atoms with E-state index in [-0.39, 0.29) is 6.09 Å². The Morgan fingerprint density at radius 3 is 2.44 bits per heavy atom. The molecule has 1 saturated heterocycles. The molecule has 1 aliphatic heterocycles. The minimum absolute atomic E-state index is 0.311. The van der Waals surface area contributed by atoms with Gasteiger partial charge in [0.2, 0.25) is 0 Å². The zero-order valence-corrected chi connectivity index (χ0v) is 17.0. The molecular weight excluding hydrogens is 419 g/mol. The normalized spacial score (nSPS) is 15.2. The molecular formula is C17H22BrFN6O2. The lowest BCUT2D eigenvalue weighted by Gasteiger charge is -2.36. The van der Waals surface area contributed by atoms with Crippen LogP contribution in [-0.4, -0.2) is 52.7 Å². The number of hydrogen-bond donors (Lipinski definition) is 2. The highest BCUT2D eigenvalue weighted by atomic mass is 79.9. The van der Waals surface area contributed by atoms with Crippen LogP contribution >= 0.6 is 15.9 Å². The van der Waals surface area contributed by atoms with Gasteiger partial charge in [0, 0.05) is 32.2 Å². The van der Waals surface area contributed by atoms with Gasteiger partial charge >= 0.3 is 6.09 Å². The number of nitrogen functional groups attached to an aromatic ring is 1. The molecule has 3 N–H and O–H groups in total. The predicted molar refractivity (Wildman–Crippen MR) is 105 cm³/mol. The molecule has 1 aromatic carbocycles. The van der Waals surface area contributed by atoms with Crippen molar-refractivity contribution in [2.24, 2.45) is 5.84 Å². The maximum atomic E-state index is 13.9. The first kappa shape index (κ1) is 19.6. The first-order chi connectivity index (χ1) is 12.7. The van der Waals surface area contributed by atoms with Gasteiger partial charge in [-0.3, -0.25) is 0 Å². The van der Waals surface area contributed by atoms with Gasteiger partial charge in [0.25, 0.3) is 0 Å². The molecule has 0 atom stereocenters. The summed E-state index contributed by atoms with van der Waals surface area (Å²) < 4.78 is 19.6. The Labute approximate surface area is 165 Å². The fourth-order valence-electron chi connectivity index (χ4n) is 2.79. The molecule has 0 aliphatic carbocycles. The SMILES string of the molecule is CC(C)(C)OC(=O)N1CCN(c2nc3cc(F)c(Br)cc3nc2NN)CC1. The molecule has 0 spiro atoms. The molecule has 0 unspecified atom stereocenters. The quantitative estimate of drug-likeness (QED) is 0.547. The van der Waals surface area contributed by atoms with E-state index in [0.29, 0.717) is 53.3 Å². The van der Waals surface area contributed by atoms with Crippen molar-refractivity contribution < 1.29 is 13.9 Å². The summed E-state index contributed by atoms with van der Waals surface area (Å²) in [6.07, 6.45) is -0.337. The van der Waals surface area contributed by atoms with Crippen LogP contribution < -0.4 is 16.2 Å². The average molecular weight is 441 g/mol. The van der Waals surface area contributed by atoms with Gasteiger partial charge in [-0.2, -0.15) is 0 Å². The molecule has 146 valence electrons. The molecule has 1 amide bonds. The minimum atomic E-state index is -0.535. The maximum absolute atomic E-state index is 13.9. The number of anilines is 2. The van der Waals surface area contributed by atoms with Crippen LogP contribution in [0.4, 0.5) is 20.8 Å². The van der Waals surface area contributed by atoms with Crippen molar-refractivity contribution in [3.63, 3.8) is 0 Å². The summed E-state index contributed by atoms with van der Waals surface area (Å²) in [6.45, 7) is 7.54. The van der Waals surface area contributed by atoms with Gasteiger partial charge in [-0.1, -0.05) is 0 Å². The number of piperazine rings is 1. The number of carbonyl (C=O) groups is 1. The molecule has 0 saturated carbocycles. The molecule has 1 aliphatic rings. The standard InChI is InChI=1S/C17H22BrFN6O2/c1-17(2,3)27-16(26)25-6-4-24(5-7-25)15-14(23-20)21-12-8-10(18)11(19)9-13(12)22-15/h8-9H,4-7,20H2,1-3H3,(H,21,23). The maximum Gasteiger partial charge on any atom is 0.410 e. The highest BCUT2D eigenvalue weighted by molar-refractivity contribution is 9.10. The first-order valence-corrected chi connectivity index (χ1v) is 9.33. The molecule has 1 aromatic heterocycles. The zero-order valence-electron chi connectivity index (χ0n) is 15.4. The van der Waals surface area contributed by atoms with Crippen LogP contribution in [0.1, 0.15) is 20.8 Å². The lowest BCUT2D eigenvalue weighted by molar-refractivity contribution is 0.0240. The molecule has 0 bridgehead atoms. The summed E-state index contributed by atoms with van der Waals surface area (Å²) in [5, 5.41) is 0. The highest BCUT2D eigenvalue weighted by Crippen LogP contribution is 2.28. The molecule has 10 heteroatoms. The molecule has 2 heterocycles. The number of hydrogen-bond acceptors (Lipinski definition) is 7. The van der Waals surface area contributed by atoms with E-state index in [1.165, 1.54) is 6.07 Å². The number of amides is 1. The Bertz CT molecular complexity index is 865. The summed E-state index contributed by atoms with van der Waals surface area (Å²) in [5.74, 6) is 6.12. The van der Waals surface area contributed by atoms with Crippen molar-refractivity contribution in [1.82, 2.24) is 14.9 Å². The smallest absolute Gasteiger partial charge is 0.410 e. The Morgan fingerprint density at radius 2 is 1.85 bits per heavy atom. The Morgan fingerprint density at radius 1 is 1.22 bits per heavy atom. The highest BCUT2D eigenvalue weighted by Gasteiger charge is 2.27. The third kappa shape index (κ3) is 4.38. The van der Waals surface area contributed by atoms with Crippen molar-refractivity contribution in [2.45, 2.75) is 26.4 Å².